The molecule has 6 nitrogen and oxygen atoms in total. The summed E-state index contributed by atoms with van der Waals surface area (Å²) in [5.74, 6) is 0.333. The summed E-state index contributed by atoms with van der Waals surface area (Å²) >= 11 is 1.35. The Morgan fingerprint density at radius 1 is 1.18 bits per heavy atom. The van der Waals surface area contributed by atoms with Crippen LogP contribution in [0.3, 0.4) is 0 Å². The van der Waals surface area contributed by atoms with Crippen molar-refractivity contribution in [1.29, 1.82) is 0 Å². The molecular weight excluding hydrogens is 322 g/mol. The van der Waals surface area contributed by atoms with E-state index in [2.05, 4.69) is 10.2 Å². The number of piperidine rings is 1. The topological polar surface area (TPSA) is 76.3 Å². The van der Waals surface area contributed by atoms with Gasteiger partial charge in [0.05, 0.1) is 4.90 Å². The number of hydrogen-bond donors (Lipinski definition) is 0. The molecule has 2 heterocycles. The molecule has 1 aliphatic heterocycles. The Balaban J connectivity index is 1.93. The number of hydrogen-bond acceptors (Lipinski definition) is 6. The van der Waals surface area contributed by atoms with E-state index >= 15 is 0 Å². The highest BCUT2D eigenvalue weighted by Crippen LogP contribution is 2.26. The van der Waals surface area contributed by atoms with Crippen LogP contribution in [0.1, 0.15) is 19.3 Å². The van der Waals surface area contributed by atoms with Gasteiger partial charge in [-0.15, -0.1) is 10.2 Å². The van der Waals surface area contributed by atoms with Gasteiger partial charge in [0.2, 0.25) is 15.9 Å². The van der Waals surface area contributed by atoms with Crippen LogP contribution in [-0.4, -0.2) is 42.3 Å². The maximum absolute atomic E-state index is 12.7. The van der Waals surface area contributed by atoms with E-state index in [0.29, 0.717) is 29.8 Å². The zero-order chi connectivity index (χ0) is 15.6. The first kappa shape index (κ1) is 15.5. The van der Waals surface area contributed by atoms with Crippen molar-refractivity contribution in [3.05, 3.63) is 24.3 Å². The monoisotopic (exact) mass is 339 g/mol. The molecule has 0 aliphatic carbocycles. The molecular formula is C14H17N3O3S2. The summed E-state index contributed by atoms with van der Waals surface area (Å²) in [6.07, 6.45) is 4.76. The fraction of sp³-hybridized carbons (Fsp3) is 0.429. The van der Waals surface area contributed by atoms with E-state index in [0.717, 1.165) is 19.3 Å². The number of nitrogens with zero attached hydrogens (tertiary/aromatic N) is 3. The van der Waals surface area contributed by atoms with Gasteiger partial charge in [0.25, 0.3) is 5.22 Å². The average molecular weight is 339 g/mol. The van der Waals surface area contributed by atoms with E-state index in [9.17, 15) is 8.42 Å². The number of benzene rings is 1. The first-order chi connectivity index (χ1) is 10.6. The van der Waals surface area contributed by atoms with Gasteiger partial charge in [0.15, 0.2) is 0 Å². The highest BCUT2D eigenvalue weighted by atomic mass is 32.2. The minimum absolute atomic E-state index is 0.274. The van der Waals surface area contributed by atoms with E-state index in [-0.39, 0.29) is 4.90 Å². The lowest BCUT2D eigenvalue weighted by atomic mass is 10.2. The Hall–Kier alpha value is -1.38. The third-order valence-electron chi connectivity index (χ3n) is 3.61. The first-order valence-corrected chi connectivity index (χ1v) is 9.76. The van der Waals surface area contributed by atoms with E-state index in [1.165, 1.54) is 11.8 Å². The predicted octanol–water partition coefficient (Wildman–Crippen LogP) is 2.63. The molecule has 0 bridgehead atoms. The summed E-state index contributed by atoms with van der Waals surface area (Å²) in [6, 6.07) is 6.68. The summed E-state index contributed by atoms with van der Waals surface area (Å²) in [4.78, 5) is 0.274. The van der Waals surface area contributed by atoms with Crippen LogP contribution >= 0.6 is 11.8 Å². The van der Waals surface area contributed by atoms with Crippen molar-refractivity contribution in [2.45, 2.75) is 29.4 Å². The van der Waals surface area contributed by atoms with Crippen molar-refractivity contribution < 1.29 is 12.8 Å². The molecule has 0 saturated carbocycles. The van der Waals surface area contributed by atoms with Gasteiger partial charge in [-0.2, -0.15) is 4.31 Å². The Morgan fingerprint density at radius 3 is 2.64 bits per heavy atom. The van der Waals surface area contributed by atoms with Crippen molar-refractivity contribution in [3.8, 4) is 11.5 Å². The molecule has 0 atom stereocenters. The quantitative estimate of drug-likeness (QED) is 0.797. The van der Waals surface area contributed by atoms with Crippen molar-refractivity contribution in [2.24, 2.45) is 0 Å². The summed E-state index contributed by atoms with van der Waals surface area (Å²) < 4.78 is 32.4. The maximum Gasteiger partial charge on any atom is 0.276 e. The molecule has 3 rings (SSSR count). The van der Waals surface area contributed by atoms with E-state index in [1.807, 2.05) is 6.26 Å². The van der Waals surface area contributed by atoms with Crippen molar-refractivity contribution in [3.63, 3.8) is 0 Å². The summed E-state index contributed by atoms with van der Waals surface area (Å²) in [6.45, 7) is 1.17. The second kappa shape index (κ2) is 6.39. The van der Waals surface area contributed by atoms with Crippen LogP contribution in [-0.2, 0) is 10.0 Å². The molecule has 0 N–H and O–H groups in total. The standard InChI is InChI=1S/C14H17N3O3S2/c1-21-14-16-15-13(20-14)11-6-5-7-12(10-11)22(18,19)17-8-3-2-4-9-17/h5-7,10H,2-4,8-9H2,1H3. The second-order valence-corrected chi connectivity index (χ2v) is 7.77. The highest BCUT2D eigenvalue weighted by Gasteiger charge is 2.26. The molecule has 2 aromatic rings. The summed E-state index contributed by atoms with van der Waals surface area (Å²) in [5, 5.41) is 8.28. The van der Waals surface area contributed by atoms with E-state index in [1.54, 1.807) is 28.6 Å². The fourth-order valence-corrected chi connectivity index (χ4v) is 4.30. The summed E-state index contributed by atoms with van der Waals surface area (Å²) in [5.41, 5.74) is 0.617. The zero-order valence-corrected chi connectivity index (χ0v) is 13.9. The predicted molar refractivity (Wildman–Crippen MR) is 84.1 cm³/mol. The molecule has 22 heavy (non-hydrogen) atoms. The van der Waals surface area contributed by atoms with Gasteiger partial charge in [-0.25, -0.2) is 8.42 Å². The Morgan fingerprint density at radius 2 is 1.95 bits per heavy atom. The SMILES string of the molecule is CSc1nnc(-c2cccc(S(=O)(=O)N3CCCCC3)c2)o1. The molecule has 1 saturated heterocycles. The minimum Gasteiger partial charge on any atom is -0.411 e. The molecule has 0 amide bonds. The minimum atomic E-state index is -3.45. The van der Waals surface area contributed by atoms with Crippen molar-refractivity contribution in [2.75, 3.05) is 19.3 Å². The lowest BCUT2D eigenvalue weighted by molar-refractivity contribution is 0.346. The van der Waals surface area contributed by atoms with Crippen LogP contribution in [0.15, 0.2) is 38.8 Å². The van der Waals surface area contributed by atoms with Crippen LogP contribution in [0, 0.1) is 0 Å². The molecule has 0 spiro atoms. The zero-order valence-electron chi connectivity index (χ0n) is 12.2. The lowest BCUT2D eigenvalue weighted by Gasteiger charge is -2.25. The summed E-state index contributed by atoms with van der Waals surface area (Å²) in [7, 11) is -3.45. The van der Waals surface area contributed by atoms with Crippen LogP contribution < -0.4 is 0 Å². The van der Waals surface area contributed by atoms with Gasteiger partial charge in [-0.1, -0.05) is 24.2 Å². The molecule has 8 heteroatoms. The number of sulfonamides is 1. The lowest BCUT2D eigenvalue weighted by Crippen LogP contribution is -2.35. The third kappa shape index (κ3) is 3.04. The van der Waals surface area contributed by atoms with Crippen LogP contribution in [0.2, 0.25) is 0 Å². The molecule has 1 aliphatic rings. The Bertz CT molecular complexity index is 752. The third-order valence-corrected chi connectivity index (χ3v) is 6.02. The van der Waals surface area contributed by atoms with Gasteiger partial charge in [-0.05, 0) is 37.3 Å². The van der Waals surface area contributed by atoms with E-state index < -0.39 is 10.0 Å². The van der Waals surface area contributed by atoms with Gasteiger partial charge in [0, 0.05) is 18.7 Å². The van der Waals surface area contributed by atoms with Crippen LogP contribution in [0.25, 0.3) is 11.5 Å². The van der Waals surface area contributed by atoms with Crippen molar-refractivity contribution >= 4 is 21.8 Å². The molecule has 118 valence electrons. The molecule has 1 fully saturated rings. The Kier molecular flexibility index (Phi) is 4.51. The number of rotatable bonds is 4. The van der Waals surface area contributed by atoms with Gasteiger partial charge in [-0.3, -0.25) is 0 Å². The van der Waals surface area contributed by atoms with Gasteiger partial charge in [0.1, 0.15) is 0 Å². The molecule has 0 radical (unpaired) electrons. The van der Waals surface area contributed by atoms with Gasteiger partial charge >= 0.3 is 0 Å². The van der Waals surface area contributed by atoms with Crippen LogP contribution in [0.5, 0.6) is 0 Å². The van der Waals surface area contributed by atoms with Crippen LogP contribution in [0.4, 0.5) is 0 Å². The largest absolute Gasteiger partial charge is 0.411 e. The van der Waals surface area contributed by atoms with Gasteiger partial charge < -0.3 is 4.42 Å². The first-order valence-electron chi connectivity index (χ1n) is 7.09. The maximum atomic E-state index is 12.7. The van der Waals surface area contributed by atoms with Crippen molar-refractivity contribution in [1.82, 2.24) is 14.5 Å². The smallest absolute Gasteiger partial charge is 0.276 e. The number of aromatic nitrogens is 2. The average Bonchev–Trinajstić information content (AvgIpc) is 3.05. The molecule has 0 unspecified atom stereocenters. The van der Waals surface area contributed by atoms with E-state index in [4.69, 9.17) is 4.42 Å². The Labute approximate surface area is 134 Å². The fourth-order valence-electron chi connectivity index (χ4n) is 2.45. The molecule has 1 aromatic heterocycles. The second-order valence-electron chi connectivity index (χ2n) is 5.07. The highest BCUT2D eigenvalue weighted by molar-refractivity contribution is 7.98. The molecule has 1 aromatic carbocycles. The normalized spacial score (nSPS) is 16.8. The number of thioether (sulfide) groups is 1.